The highest BCUT2D eigenvalue weighted by Gasteiger charge is 2.30. The Balaban J connectivity index is 2.14. The third kappa shape index (κ3) is 3.91. The van der Waals surface area contributed by atoms with Crippen molar-refractivity contribution in [1.82, 2.24) is 9.21 Å². The summed E-state index contributed by atoms with van der Waals surface area (Å²) in [5, 5.41) is 0.373. The largest absolute Gasteiger partial charge is 0.495 e. The van der Waals surface area contributed by atoms with Crippen molar-refractivity contribution in [2.45, 2.75) is 4.90 Å². The van der Waals surface area contributed by atoms with Gasteiger partial charge in [-0.2, -0.15) is 4.31 Å². The molecule has 0 spiro atoms. The molecule has 0 radical (unpaired) electrons. The SMILES string of the molecule is COCCN1CCN(S(=O)(=O)c2cc(Cl)ccc2OC)CC1. The Bertz CT molecular complexity index is 601. The maximum Gasteiger partial charge on any atom is 0.246 e. The van der Waals surface area contributed by atoms with Crippen LogP contribution >= 0.6 is 11.6 Å². The zero-order valence-electron chi connectivity index (χ0n) is 12.8. The molecule has 0 aromatic heterocycles. The van der Waals surface area contributed by atoms with Crippen molar-refractivity contribution in [3.05, 3.63) is 23.2 Å². The van der Waals surface area contributed by atoms with E-state index in [1.807, 2.05) is 0 Å². The van der Waals surface area contributed by atoms with E-state index in [0.717, 1.165) is 6.54 Å². The summed E-state index contributed by atoms with van der Waals surface area (Å²) < 4.78 is 37.3. The highest BCUT2D eigenvalue weighted by atomic mass is 35.5. The number of ether oxygens (including phenoxy) is 2. The first kappa shape index (κ1) is 17.5. The minimum absolute atomic E-state index is 0.118. The summed E-state index contributed by atoms with van der Waals surface area (Å²) in [6.45, 7) is 3.72. The normalized spacial score (nSPS) is 17.6. The lowest BCUT2D eigenvalue weighted by atomic mass is 10.3. The Kier molecular flexibility index (Phi) is 6.05. The summed E-state index contributed by atoms with van der Waals surface area (Å²) in [6.07, 6.45) is 0. The highest BCUT2D eigenvalue weighted by molar-refractivity contribution is 7.89. The standard InChI is InChI=1S/C14H21ClN2O4S/c1-20-10-9-16-5-7-17(8-6-16)22(18,19)14-11-12(15)3-4-13(14)21-2/h3-4,11H,5-10H2,1-2H3. The van der Waals surface area contributed by atoms with Crippen molar-refractivity contribution in [3.8, 4) is 5.75 Å². The number of hydrogen-bond acceptors (Lipinski definition) is 5. The Labute approximate surface area is 136 Å². The fraction of sp³-hybridized carbons (Fsp3) is 0.571. The van der Waals surface area contributed by atoms with Gasteiger partial charge in [-0.3, -0.25) is 4.90 Å². The molecule has 1 aromatic carbocycles. The Morgan fingerprint density at radius 3 is 2.45 bits per heavy atom. The predicted octanol–water partition coefficient (Wildman–Crippen LogP) is 1.30. The molecular weight excluding hydrogens is 328 g/mol. The van der Waals surface area contributed by atoms with Gasteiger partial charge in [-0.15, -0.1) is 0 Å². The van der Waals surface area contributed by atoms with Gasteiger partial charge >= 0.3 is 0 Å². The summed E-state index contributed by atoms with van der Waals surface area (Å²) in [7, 11) is -0.497. The molecule has 1 fully saturated rings. The third-order valence-corrected chi connectivity index (χ3v) is 5.84. The zero-order chi connectivity index (χ0) is 16.2. The lowest BCUT2D eigenvalue weighted by Gasteiger charge is -2.34. The molecule has 2 rings (SSSR count). The minimum atomic E-state index is -3.61. The average Bonchev–Trinajstić information content (AvgIpc) is 2.53. The van der Waals surface area contributed by atoms with Crippen LogP contribution in [0.1, 0.15) is 0 Å². The second kappa shape index (κ2) is 7.61. The number of piperazine rings is 1. The Hall–Kier alpha value is -0.860. The molecule has 1 aliphatic rings. The van der Waals surface area contributed by atoms with Gasteiger partial charge in [0, 0.05) is 44.9 Å². The maximum absolute atomic E-state index is 12.8. The van der Waals surface area contributed by atoms with E-state index in [1.54, 1.807) is 19.2 Å². The number of rotatable bonds is 6. The molecule has 8 heteroatoms. The van der Waals surface area contributed by atoms with E-state index in [9.17, 15) is 8.42 Å². The molecule has 1 aliphatic heterocycles. The van der Waals surface area contributed by atoms with E-state index in [1.165, 1.54) is 17.5 Å². The van der Waals surface area contributed by atoms with Gasteiger partial charge in [0.2, 0.25) is 10.0 Å². The lowest BCUT2D eigenvalue weighted by Crippen LogP contribution is -2.49. The summed E-state index contributed by atoms with van der Waals surface area (Å²) in [4.78, 5) is 2.30. The highest BCUT2D eigenvalue weighted by Crippen LogP contribution is 2.30. The molecule has 0 aliphatic carbocycles. The van der Waals surface area contributed by atoms with Crippen LogP contribution < -0.4 is 4.74 Å². The van der Waals surface area contributed by atoms with Gasteiger partial charge < -0.3 is 9.47 Å². The van der Waals surface area contributed by atoms with Crippen LogP contribution in [-0.2, 0) is 14.8 Å². The topological polar surface area (TPSA) is 59.1 Å². The Morgan fingerprint density at radius 1 is 1.18 bits per heavy atom. The molecule has 1 saturated heterocycles. The van der Waals surface area contributed by atoms with Gasteiger partial charge in [-0.05, 0) is 18.2 Å². The van der Waals surface area contributed by atoms with E-state index < -0.39 is 10.0 Å². The molecule has 0 N–H and O–H groups in total. The second-order valence-electron chi connectivity index (χ2n) is 5.03. The molecule has 0 amide bonds. The molecule has 6 nitrogen and oxygen atoms in total. The van der Waals surface area contributed by atoms with Gasteiger partial charge in [0.05, 0.1) is 13.7 Å². The first-order valence-corrected chi connectivity index (χ1v) is 8.86. The summed E-state index contributed by atoms with van der Waals surface area (Å²) >= 11 is 5.94. The fourth-order valence-electron chi connectivity index (χ4n) is 2.41. The zero-order valence-corrected chi connectivity index (χ0v) is 14.4. The lowest BCUT2D eigenvalue weighted by molar-refractivity contribution is 0.123. The van der Waals surface area contributed by atoms with Gasteiger partial charge in [-0.1, -0.05) is 11.6 Å². The number of sulfonamides is 1. The quantitative estimate of drug-likeness (QED) is 0.775. The van der Waals surface area contributed by atoms with Gasteiger partial charge in [-0.25, -0.2) is 8.42 Å². The minimum Gasteiger partial charge on any atom is -0.495 e. The molecule has 1 heterocycles. The van der Waals surface area contributed by atoms with E-state index in [-0.39, 0.29) is 4.90 Å². The van der Waals surface area contributed by atoms with Crippen LogP contribution in [0, 0.1) is 0 Å². The van der Waals surface area contributed by atoms with Crippen molar-refractivity contribution in [1.29, 1.82) is 0 Å². The number of nitrogens with zero attached hydrogens (tertiary/aromatic N) is 2. The second-order valence-corrected chi connectivity index (χ2v) is 7.38. The van der Waals surface area contributed by atoms with Crippen LogP contribution in [0.4, 0.5) is 0 Å². The maximum atomic E-state index is 12.8. The predicted molar refractivity (Wildman–Crippen MR) is 85.1 cm³/mol. The first-order chi connectivity index (χ1) is 10.5. The van der Waals surface area contributed by atoms with E-state index in [2.05, 4.69) is 4.90 Å². The van der Waals surface area contributed by atoms with Crippen LogP contribution in [0.5, 0.6) is 5.75 Å². The van der Waals surface area contributed by atoms with Crippen molar-refractivity contribution >= 4 is 21.6 Å². The first-order valence-electron chi connectivity index (χ1n) is 7.04. The summed E-state index contributed by atoms with van der Waals surface area (Å²) in [6, 6.07) is 4.62. The van der Waals surface area contributed by atoms with E-state index >= 15 is 0 Å². The van der Waals surface area contributed by atoms with Crippen molar-refractivity contribution in [3.63, 3.8) is 0 Å². The molecule has 22 heavy (non-hydrogen) atoms. The van der Waals surface area contributed by atoms with E-state index in [4.69, 9.17) is 21.1 Å². The van der Waals surface area contributed by atoms with Gasteiger partial charge in [0.15, 0.2) is 0 Å². The molecule has 124 valence electrons. The number of benzene rings is 1. The average molecular weight is 349 g/mol. The molecular formula is C14H21ClN2O4S. The molecule has 0 unspecified atom stereocenters. The van der Waals surface area contributed by atoms with Crippen LogP contribution in [0.2, 0.25) is 5.02 Å². The number of methoxy groups -OCH3 is 2. The smallest absolute Gasteiger partial charge is 0.246 e. The van der Waals surface area contributed by atoms with Crippen molar-refractivity contribution in [2.24, 2.45) is 0 Å². The molecule has 0 saturated carbocycles. The van der Waals surface area contributed by atoms with Crippen LogP contribution in [-0.4, -0.2) is 71.2 Å². The van der Waals surface area contributed by atoms with Crippen LogP contribution in [0.15, 0.2) is 23.1 Å². The van der Waals surface area contributed by atoms with Crippen LogP contribution in [0.3, 0.4) is 0 Å². The van der Waals surface area contributed by atoms with Crippen molar-refractivity contribution < 1.29 is 17.9 Å². The van der Waals surface area contributed by atoms with Crippen LogP contribution in [0.25, 0.3) is 0 Å². The molecule has 1 aromatic rings. The third-order valence-electron chi connectivity index (χ3n) is 3.69. The molecule has 0 atom stereocenters. The number of hydrogen-bond donors (Lipinski definition) is 0. The monoisotopic (exact) mass is 348 g/mol. The Morgan fingerprint density at radius 2 is 1.86 bits per heavy atom. The van der Waals surface area contributed by atoms with Crippen molar-refractivity contribution in [2.75, 3.05) is 53.6 Å². The number of halogens is 1. The summed E-state index contributed by atoms with van der Waals surface area (Å²) in [5.41, 5.74) is 0. The summed E-state index contributed by atoms with van der Waals surface area (Å²) in [5.74, 6) is 0.311. The fourth-order valence-corrected chi connectivity index (χ4v) is 4.25. The van der Waals surface area contributed by atoms with Gasteiger partial charge in [0.25, 0.3) is 0 Å². The van der Waals surface area contributed by atoms with E-state index in [0.29, 0.717) is 43.6 Å². The van der Waals surface area contributed by atoms with Gasteiger partial charge in [0.1, 0.15) is 10.6 Å². The molecule has 0 bridgehead atoms.